The van der Waals surface area contributed by atoms with Gasteiger partial charge < -0.3 is 20.6 Å². The summed E-state index contributed by atoms with van der Waals surface area (Å²) in [6, 6.07) is 8.29. The molecule has 0 unspecified atom stereocenters. The Kier molecular flexibility index (Phi) is 30.0. The van der Waals surface area contributed by atoms with E-state index in [2.05, 4.69) is 54.5 Å². The Morgan fingerprint density at radius 2 is 1.51 bits per heavy atom. The number of hydrogen-bond acceptors (Lipinski definition) is 6. The molecule has 0 spiro atoms. The van der Waals surface area contributed by atoms with Crippen LogP contribution in [0.4, 0.5) is 5.69 Å². The van der Waals surface area contributed by atoms with E-state index in [4.69, 9.17) is 26.9 Å². The van der Waals surface area contributed by atoms with Gasteiger partial charge in [-0.1, -0.05) is 86.9 Å². The summed E-state index contributed by atoms with van der Waals surface area (Å²) in [6.07, 6.45) is 14.1. The Morgan fingerprint density at radius 1 is 0.974 bits per heavy atom. The maximum atomic E-state index is 12.5. The number of aliphatic hydroxyl groups is 3. The van der Waals surface area contributed by atoms with Crippen molar-refractivity contribution in [3.63, 3.8) is 0 Å². The molecular formula is C32H53ClN2O4. The van der Waals surface area contributed by atoms with Crippen LogP contribution in [-0.2, 0) is 4.79 Å². The molecule has 1 aromatic rings. The van der Waals surface area contributed by atoms with Crippen molar-refractivity contribution >= 4 is 28.6 Å². The van der Waals surface area contributed by atoms with Gasteiger partial charge >= 0.3 is 0 Å². The maximum Gasteiger partial charge on any atom is 0.165 e. The van der Waals surface area contributed by atoms with Crippen LogP contribution in [0, 0.1) is 5.92 Å². The Bertz CT molecular complexity index is 882. The number of allylic oxidation sites excluding steroid dienone is 8. The van der Waals surface area contributed by atoms with Crippen LogP contribution < -0.4 is 10.6 Å². The van der Waals surface area contributed by atoms with E-state index in [1.807, 2.05) is 52.0 Å². The van der Waals surface area contributed by atoms with Gasteiger partial charge in [-0.25, -0.2) is 0 Å². The smallest absolute Gasteiger partial charge is 0.165 e. The summed E-state index contributed by atoms with van der Waals surface area (Å²) < 4.78 is 0. The topological polar surface area (TPSA) is 102 Å². The second-order valence-corrected chi connectivity index (χ2v) is 8.41. The molecule has 0 radical (unpaired) electrons. The van der Waals surface area contributed by atoms with E-state index in [0.717, 1.165) is 75.4 Å². The van der Waals surface area contributed by atoms with Gasteiger partial charge in [0.05, 0.1) is 6.67 Å². The van der Waals surface area contributed by atoms with Gasteiger partial charge in [0, 0.05) is 50.1 Å². The lowest BCUT2D eigenvalue weighted by molar-refractivity contribution is -0.118. The molecule has 0 aromatic heterocycles. The lowest BCUT2D eigenvalue weighted by atomic mass is 9.96. The van der Waals surface area contributed by atoms with Crippen molar-refractivity contribution in [2.45, 2.75) is 60.3 Å². The molecule has 0 heterocycles. The van der Waals surface area contributed by atoms with Crippen LogP contribution >= 0.6 is 11.6 Å². The van der Waals surface area contributed by atoms with E-state index in [-0.39, 0.29) is 11.7 Å². The largest absolute Gasteiger partial charge is 0.400 e. The Labute approximate surface area is 242 Å². The number of ketones is 1. The Hall–Kier alpha value is -2.48. The van der Waals surface area contributed by atoms with Crippen molar-refractivity contribution in [1.29, 1.82) is 0 Å². The molecule has 1 aromatic carbocycles. The molecule has 2 rings (SSSR count). The summed E-state index contributed by atoms with van der Waals surface area (Å²) in [5.41, 5.74) is 5.02. The van der Waals surface area contributed by atoms with E-state index < -0.39 is 0 Å². The molecule has 222 valence electrons. The zero-order valence-electron chi connectivity index (χ0n) is 25.4. The second kappa shape index (κ2) is 28.5. The van der Waals surface area contributed by atoms with Gasteiger partial charge in [0.15, 0.2) is 5.78 Å². The quantitative estimate of drug-likeness (QED) is 0.0870. The van der Waals surface area contributed by atoms with E-state index in [1.165, 1.54) is 5.57 Å². The number of rotatable bonds is 11. The molecule has 0 atom stereocenters. The average molecular weight is 565 g/mol. The molecule has 1 aliphatic rings. The van der Waals surface area contributed by atoms with Crippen molar-refractivity contribution < 1.29 is 20.1 Å². The highest BCUT2D eigenvalue weighted by atomic mass is 35.5. The molecule has 0 aliphatic heterocycles. The summed E-state index contributed by atoms with van der Waals surface area (Å²) in [4.78, 5) is 12.5. The first-order valence-corrected chi connectivity index (χ1v) is 13.8. The molecule has 0 bridgehead atoms. The van der Waals surface area contributed by atoms with Crippen molar-refractivity contribution in [3.05, 3.63) is 83.0 Å². The van der Waals surface area contributed by atoms with Gasteiger partial charge in [0.1, 0.15) is 0 Å². The highest BCUT2D eigenvalue weighted by Gasteiger charge is 2.23. The van der Waals surface area contributed by atoms with Gasteiger partial charge in [-0.15, -0.1) is 0 Å². The van der Waals surface area contributed by atoms with E-state index >= 15 is 0 Å². The number of anilines is 1. The summed E-state index contributed by atoms with van der Waals surface area (Å²) in [6.45, 7) is 15.4. The molecule has 1 saturated carbocycles. The molecule has 6 nitrogen and oxygen atoms in total. The molecular weight excluding hydrogens is 512 g/mol. The van der Waals surface area contributed by atoms with Gasteiger partial charge in [-0.3, -0.25) is 10.1 Å². The fourth-order valence-corrected chi connectivity index (χ4v) is 3.84. The van der Waals surface area contributed by atoms with Crippen LogP contribution in [0.2, 0.25) is 0 Å². The zero-order chi connectivity index (χ0) is 30.6. The molecule has 1 fully saturated rings. The number of benzene rings is 1. The van der Waals surface area contributed by atoms with Gasteiger partial charge in [0.25, 0.3) is 0 Å². The summed E-state index contributed by atoms with van der Waals surface area (Å²) in [5, 5.41) is 28.5. The number of Topliss-reactive ketones (excluding diaryl/α,β-unsaturated/α-hetero) is 1. The van der Waals surface area contributed by atoms with Crippen LogP contribution in [0.3, 0.4) is 0 Å². The fourth-order valence-electron chi connectivity index (χ4n) is 3.66. The average Bonchev–Trinajstić information content (AvgIpc) is 3.55. The number of nitrogens with one attached hydrogen (secondary N) is 2. The third-order valence-electron chi connectivity index (χ3n) is 5.52. The number of carbonyl (C=O) groups excluding carboxylic acids is 1. The van der Waals surface area contributed by atoms with Gasteiger partial charge in [0.2, 0.25) is 0 Å². The predicted molar refractivity (Wildman–Crippen MR) is 171 cm³/mol. The minimum atomic E-state index is 0.171. The molecule has 39 heavy (non-hydrogen) atoms. The maximum absolute atomic E-state index is 12.5. The predicted octanol–water partition coefficient (Wildman–Crippen LogP) is 6.86. The normalized spacial score (nSPS) is 13.5. The van der Waals surface area contributed by atoms with Crippen LogP contribution in [0.5, 0.6) is 0 Å². The standard InChI is InChI=1S/C27H35ClN2O.C2H6.3CH4O/c1-5-22(12-11-21(4)27(31)24-9-7-8-10-24)23-13-15-26(16-14-23)30-19-29-18-20(3)17-25(28)6-2;4*1-2/h5-6,11-17,24,29-30H,4,7-10,18-19H2,1-3H3;1-2H3;3*2H,1H3/b12-11-,20-17-,22-5+,25-6+;;;;. The minimum absolute atomic E-state index is 0.171. The summed E-state index contributed by atoms with van der Waals surface area (Å²) in [7, 11) is 3.00. The highest BCUT2D eigenvalue weighted by Crippen LogP contribution is 2.28. The number of hydrogen-bond donors (Lipinski definition) is 5. The third kappa shape index (κ3) is 18.4. The monoisotopic (exact) mass is 564 g/mol. The first-order valence-electron chi connectivity index (χ1n) is 13.4. The van der Waals surface area contributed by atoms with Gasteiger partial charge in [-0.2, -0.15) is 0 Å². The van der Waals surface area contributed by atoms with Crippen LogP contribution in [0.1, 0.15) is 65.9 Å². The zero-order valence-corrected chi connectivity index (χ0v) is 26.1. The van der Waals surface area contributed by atoms with Crippen LogP contribution in [-0.4, -0.2) is 55.6 Å². The number of aliphatic hydroxyl groups excluding tert-OH is 3. The van der Waals surface area contributed by atoms with Crippen molar-refractivity contribution in [3.8, 4) is 0 Å². The van der Waals surface area contributed by atoms with Crippen molar-refractivity contribution in [2.24, 2.45) is 5.92 Å². The van der Waals surface area contributed by atoms with Crippen molar-refractivity contribution in [1.82, 2.24) is 5.32 Å². The van der Waals surface area contributed by atoms with E-state index in [9.17, 15) is 4.79 Å². The van der Waals surface area contributed by atoms with Crippen molar-refractivity contribution in [2.75, 3.05) is 39.9 Å². The molecule has 7 heteroatoms. The van der Waals surface area contributed by atoms with E-state index in [0.29, 0.717) is 12.2 Å². The van der Waals surface area contributed by atoms with Gasteiger partial charge in [-0.05, 0) is 63.0 Å². The minimum Gasteiger partial charge on any atom is -0.400 e. The SMILES string of the molecule is C=C(/C=C\C(=C/C)c1ccc(NCNC/C(C)=C\C(Cl)=C/C)cc1)C(=O)C1CCCC1.CC.CO.CO.CO. The second-order valence-electron chi connectivity index (χ2n) is 7.97. The lowest BCUT2D eigenvalue weighted by Crippen LogP contribution is -2.23. The molecule has 5 N–H and O–H groups in total. The first-order chi connectivity index (χ1) is 18.9. The number of halogens is 1. The molecule has 0 amide bonds. The van der Waals surface area contributed by atoms with Crippen LogP contribution in [0.15, 0.2) is 77.4 Å². The van der Waals surface area contributed by atoms with Crippen LogP contribution in [0.25, 0.3) is 5.57 Å². The van der Waals surface area contributed by atoms with E-state index in [1.54, 1.807) is 0 Å². The Morgan fingerprint density at radius 3 is 2.00 bits per heavy atom. The fraction of sp³-hybridized carbons (Fsp3) is 0.469. The lowest BCUT2D eigenvalue weighted by Gasteiger charge is -2.10. The molecule has 0 saturated heterocycles. The highest BCUT2D eigenvalue weighted by molar-refractivity contribution is 6.31. The Balaban J connectivity index is -0.00000148. The number of carbonyl (C=O) groups is 1. The summed E-state index contributed by atoms with van der Waals surface area (Å²) in [5.74, 6) is 0.374. The molecule has 1 aliphatic carbocycles. The summed E-state index contributed by atoms with van der Waals surface area (Å²) >= 11 is 6.02. The third-order valence-corrected chi connectivity index (χ3v) is 5.84. The first kappa shape index (κ1) is 41.0.